The van der Waals surface area contributed by atoms with E-state index < -0.39 is 11.7 Å². The van der Waals surface area contributed by atoms with Crippen molar-refractivity contribution in [1.29, 1.82) is 0 Å². The normalized spacial score (nSPS) is 12.1. The Kier molecular flexibility index (Phi) is 3.69. The molecule has 25 heavy (non-hydrogen) atoms. The Morgan fingerprint density at radius 3 is 2.76 bits per heavy atom. The van der Waals surface area contributed by atoms with Gasteiger partial charge in [0.15, 0.2) is 10.1 Å². The van der Waals surface area contributed by atoms with Gasteiger partial charge in [-0.05, 0) is 42.1 Å². The number of benzene rings is 1. The molecule has 4 rings (SSSR count). The molecule has 2 N–H and O–H groups in total. The van der Waals surface area contributed by atoms with Gasteiger partial charge in [-0.1, -0.05) is 0 Å². The van der Waals surface area contributed by atoms with E-state index in [2.05, 4.69) is 15.2 Å². The van der Waals surface area contributed by atoms with E-state index in [1.54, 1.807) is 12.1 Å². The molecule has 0 spiro atoms. The molecule has 0 atom stereocenters. The van der Waals surface area contributed by atoms with E-state index in [0.29, 0.717) is 25.8 Å². The molecule has 0 saturated heterocycles. The van der Waals surface area contributed by atoms with Crippen LogP contribution in [0.2, 0.25) is 0 Å². The van der Waals surface area contributed by atoms with E-state index in [1.165, 1.54) is 28.3 Å². The fourth-order valence-corrected chi connectivity index (χ4v) is 4.03. The maximum Gasteiger partial charge on any atom is 0.416 e. The van der Waals surface area contributed by atoms with Crippen molar-refractivity contribution in [3.05, 3.63) is 42.2 Å². The summed E-state index contributed by atoms with van der Waals surface area (Å²) >= 11 is 2.37. The minimum absolute atomic E-state index is 0.275. The van der Waals surface area contributed by atoms with Crippen molar-refractivity contribution in [2.24, 2.45) is 0 Å². The van der Waals surface area contributed by atoms with Crippen LogP contribution in [0.25, 0.3) is 21.8 Å². The largest absolute Gasteiger partial charge is 0.461 e. The molecule has 0 fully saturated rings. The van der Waals surface area contributed by atoms with E-state index in [-0.39, 0.29) is 5.52 Å². The zero-order chi connectivity index (χ0) is 17.6. The number of hydrogen-bond acceptors (Lipinski definition) is 7. The maximum atomic E-state index is 12.8. The van der Waals surface area contributed by atoms with Gasteiger partial charge in [-0.25, -0.2) is 9.66 Å². The first-order valence-electron chi connectivity index (χ1n) is 6.82. The lowest BCUT2D eigenvalue weighted by Crippen LogP contribution is -2.11. The van der Waals surface area contributed by atoms with Crippen LogP contribution >= 0.6 is 23.1 Å². The molecule has 128 valence electrons. The molecule has 3 heterocycles. The van der Waals surface area contributed by atoms with Crippen molar-refractivity contribution < 1.29 is 17.6 Å². The molecule has 0 unspecified atom stereocenters. The molecule has 0 saturated carbocycles. The van der Waals surface area contributed by atoms with E-state index in [4.69, 9.17) is 10.3 Å². The molecule has 4 aromatic rings. The highest BCUT2D eigenvalue weighted by Crippen LogP contribution is 2.37. The molecular weight excluding hydrogens is 375 g/mol. The summed E-state index contributed by atoms with van der Waals surface area (Å²) in [5.41, 5.74) is -0.458. The Bertz CT molecular complexity index is 1040. The number of fused-ring (bicyclic) bond motifs is 1. The third kappa shape index (κ3) is 2.96. The molecule has 0 amide bonds. The predicted octanol–water partition coefficient (Wildman–Crippen LogP) is 4.03. The quantitative estimate of drug-likeness (QED) is 0.538. The molecular formula is C14H8F3N5OS2. The fourth-order valence-electron chi connectivity index (χ4n) is 2.12. The fraction of sp³-hybridized carbons (Fsp3) is 0.0714. The first-order valence-corrected chi connectivity index (χ1v) is 8.45. The van der Waals surface area contributed by atoms with Crippen LogP contribution in [0.5, 0.6) is 0 Å². The molecule has 6 nitrogen and oxygen atoms in total. The van der Waals surface area contributed by atoms with Gasteiger partial charge >= 0.3 is 6.18 Å². The van der Waals surface area contributed by atoms with Gasteiger partial charge in [-0.2, -0.15) is 13.2 Å². The van der Waals surface area contributed by atoms with Gasteiger partial charge in [0.25, 0.3) is 0 Å². The molecule has 3 aromatic heterocycles. The summed E-state index contributed by atoms with van der Waals surface area (Å²) in [4.78, 5) is 4.22. The summed E-state index contributed by atoms with van der Waals surface area (Å²) in [6.07, 6.45) is -2.91. The number of aromatic nitrogens is 4. The highest BCUT2D eigenvalue weighted by atomic mass is 32.2. The first kappa shape index (κ1) is 16.0. The number of rotatable bonds is 3. The molecule has 0 bridgehead atoms. The van der Waals surface area contributed by atoms with Crippen LogP contribution in [0.15, 0.2) is 50.5 Å². The first-order chi connectivity index (χ1) is 11.9. The van der Waals surface area contributed by atoms with Gasteiger partial charge in [-0.15, -0.1) is 21.5 Å². The monoisotopic (exact) mass is 383 g/mol. The number of thiazole rings is 1. The van der Waals surface area contributed by atoms with Crippen molar-refractivity contribution in [2.75, 3.05) is 5.84 Å². The van der Waals surface area contributed by atoms with E-state index >= 15 is 0 Å². The zero-order valence-electron chi connectivity index (χ0n) is 12.2. The van der Waals surface area contributed by atoms with E-state index in [1.807, 2.05) is 0 Å². The van der Waals surface area contributed by atoms with Gasteiger partial charge in [0.05, 0.1) is 22.0 Å². The standard InChI is InChI=1S/C14H8F3N5OS2/c15-14(16,17)7-3-4-10-8(6-7)19-13(24-10)25-12-21-20-11(22(12)18)9-2-1-5-23-9/h1-6H,18H2. The van der Waals surface area contributed by atoms with Crippen LogP contribution in [0.1, 0.15) is 5.56 Å². The van der Waals surface area contributed by atoms with Crippen LogP contribution in [0.3, 0.4) is 0 Å². The SMILES string of the molecule is Nn1c(Sc2nc3cc(C(F)(F)F)ccc3s2)nnc1-c1ccco1. The summed E-state index contributed by atoms with van der Waals surface area (Å²) in [5.74, 6) is 6.76. The van der Waals surface area contributed by atoms with Gasteiger partial charge < -0.3 is 10.3 Å². The van der Waals surface area contributed by atoms with Crippen LogP contribution < -0.4 is 5.84 Å². The molecule has 1 aromatic carbocycles. The van der Waals surface area contributed by atoms with Crippen molar-refractivity contribution in [1.82, 2.24) is 19.9 Å². The van der Waals surface area contributed by atoms with Crippen molar-refractivity contribution >= 4 is 33.3 Å². The average Bonchev–Trinajstić information content (AvgIpc) is 3.26. The van der Waals surface area contributed by atoms with Gasteiger partial charge in [0.2, 0.25) is 11.0 Å². The predicted molar refractivity (Wildman–Crippen MR) is 86.6 cm³/mol. The van der Waals surface area contributed by atoms with E-state index in [0.717, 1.165) is 23.9 Å². The second-order valence-electron chi connectivity index (χ2n) is 4.92. The highest BCUT2D eigenvalue weighted by molar-refractivity contribution is 8.01. The number of hydrogen-bond donors (Lipinski definition) is 1. The van der Waals surface area contributed by atoms with Crippen LogP contribution in [-0.4, -0.2) is 19.9 Å². The molecule has 0 aliphatic rings. The van der Waals surface area contributed by atoms with Crippen molar-refractivity contribution in [3.63, 3.8) is 0 Å². The number of nitrogens with zero attached hydrogens (tertiary/aromatic N) is 4. The Morgan fingerprint density at radius 2 is 2.04 bits per heavy atom. The Balaban J connectivity index is 1.65. The smallest absolute Gasteiger partial charge is 0.416 e. The Labute approximate surface area is 146 Å². The summed E-state index contributed by atoms with van der Waals surface area (Å²) in [6, 6.07) is 6.86. The lowest BCUT2D eigenvalue weighted by molar-refractivity contribution is -0.137. The highest BCUT2D eigenvalue weighted by Gasteiger charge is 2.30. The lowest BCUT2D eigenvalue weighted by atomic mass is 10.2. The van der Waals surface area contributed by atoms with E-state index in [9.17, 15) is 13.2 Å². The maximum absolute atomic E-state index is 12.8. The average molecular weight is 383 g/mol. The lowest BCUT2D eigenvalue weighted by Gasteiger charge is -2.04. The second-order valence-corrected chi connectivity index (χ2v) is 7.16. The minimum atomic E-state index is -4.40. The molecule has 0 aliphatic carbocycles. The third-order valence-corrected chi connectivity index (χ3v) is 5.34. The Hall–Kier alpha value is -2.53. The number of alkyl halides is 3. The second kappa shape index (κ2) is 5.77. The van der Waals surface area contributed by atoms with Gasteiger partial charge in [0, 0.05) is 0 Å². The van der Waals surface area contributed by atoms with Crippen molar-refractivity contribution in [2.45, 2.75) is 15.7 Å². The summed E-state index contributed by atoms with van der Waals surface area (Å²) in [6.45, 7) is 0. The zero-order valence-corrected chi connectivity index (χ0v) is 13.8. The summed E-state index contributed by atoms with van der Waals surface area (Å²) in [7, 11) is 0. The number of furan rings is 1. The topological polar surface area (TPSA) is 82.8 Å². The van der Waals surface area contributed by atoms with Gasteiger partial charge in [-0.3, -0.25) is 0 Å². The summed E-state index contributed by atoms with van der Waals surface area (Å²) < 4.78 is 46.0. The van der Waals surface area contributed by atoms with Crippen LogP contribution in [0, 0.1) is 0 Å². The Morgan fingerprint density at radius 1 is 1.20 bits per heavy atom. The van der Waals surface area contributed by atoms with Crippen molar-refractivity contribution in [3.8, 4) is 11.6 Å². The number of nitrogen functional groups attached to an aromatic ring is 1. The third-order valence-electron chi connectivity index (χ3n) is 3.28. The minimum Gasteiger partial charge on any atom is -0.461 e. The van der Waals surface area contributed by atoms with Crippen LogP contribution in [0.4, 0.5) is 13.2 Å². The number of nitrogens with two attached hydrogens (primary N) is 1. The molecule has 0 aliphatic heterocycles. The van der Waals surface area contributed by atoms with Gasteiger partial charge in [0.1, 0.15) is 0 Å². The summed E-state index contributed by atoms with van der Waals surface area (Å²) in [5, 5.41) is 8.28. The van der Waals surface area contributed by atoms with Crippen LogP contribution in [-0.2, 0) is 6.18 Å². The number of halogens is 3. The molecule has 0 radical (unpaired) electrons. The molecule has 11 heteroatoms.